The van der Waals surface area contributed by atoms with Gasteiger partial charge in [-0.15, -0.1) is 5.10 Å². The van der Waals surface area contributed by atoms with E-state index in [9.17, 15) is 14.7 Å². The monoisotopic (exact) mass is 289 g/mol. The van der Waals surface area contributed by atoms with Gasteiger partial charge in [-0.3, -0.25) is 4.79 Å². The fraction of sp³-hybridized carbons (Fsp3) is 0.462. The van der Waals surface area contributed by atoms with Crippen LogP contribution in [0.15, 0.2) is 18.5 Å². The van der Waals surface area contributed by atoms with Gasteiger partial charge in [0, 0.05) is 18.9 Å². The van der Waals surface area contributed by atoms with Crippen molar-refractivity contribution in [2.45, 2.75) is 31.7 Å². The van der Waals surface area contributed by atoms with Crippen LogP contribution in [0.5, 0.6) is 0 Å². The first-order valence-electron chi connectivity index (χ1n) is 6.75. The van der Waals surface area contributed by atoms with E-state index in [-0.39, 0.29) is 5.82 Å². The molecule has 1 saturated heterocycles. The van der Waals surface area contributed by atoms with Crippen LogP contribution in [0.2, 0.25) is 0 Å². The number of hydrogen-bond acceptors (Lipinski definition) is 5. The minimum absolute atomic E-state index is 0.0249. The molecule has 8 heteroatoms. The Morgan fingerprint density at radius 3 is 2.90 bits per heavy atom. The Labute approximate surface area is 120 Å². The fourth-order valence-electron chi connectivity index (χ4n) is 2.61. The zero-order valence-electron chi connectivity index (χ0n) is 11.6. The number of piperidine rings is 1. The van der Waals surface area contributed by atoms with Crippen LogP contribution in [0.1, 0.15) is 36.8 Å². The largest absolute Gasteiger partial charge is 0.480 e. The molecule has 0 saturated carbocycles. The van der Waals surface area contributed by atoms with Crippen molar-refractivity contribution in [3.8, 4) is 0 Å². The zero-order valence-corrected chi connectivity index (χ0v) is 11.6. The Kier molecular flexibility index (Phi) is 3.08. The first-order chi connectivity index (χ1) is 10.0. The second-order valence-electron chi connectivity index (χ2n) is 5.29. The summed E-state index contributed by atoms with van der Waals surface area (Å²) in [4.78, 5) is 33.6. The number of nitrogens with zero attached hydrogens (tertiary/aromatic N) is 5. The Hall–Kier alpha value is -2.51. The van der Waals surface area contributed by atoms with Gasteiger partial charge in [0.2, 0.25) is 5.82 Å². The Morgan fingerprint density at radius 1 is 1.38 bits per heavy atom. The van der Waals surface area contributed by atoms with Gasteiger partial charge in [0.25, 0.3) is 11.7 Å². The molecule has 1 fully saturated rings. The molecule has 3 rings (SSSR count). The lowest BCUT2D eigenvalue weighted by Crippen LogP contribution is -2.57. The van der Waals surface area contributed by atoms with Gasteiger partial charge in [-0.05, 0) is 32.3 Å². The smallest absolute Gasteiger partial charge is 0.329 e. The number of aromatic nitrogens is 4. The molecule has 1 amide bonds. The average molecular weight is 289 g/mol. The number of hydrogen-bond donors (Lipinski definition) is 1. The van der Waals surface area contributed by atoms with E-state index in [0.717, 1.165) is 12.8 Å². The quantitative estimate of drug-likeness (QED) is 0.868. The van der Waals surface area contributed by atoms with Crippen molar-refractivity contribution in [2.24, 2.45) is 0 Å². The minimum Gasteiger partial charge on any atom is -0.480 e. The molecular formula is C13H15N5O3. The Morgan fingerprint density at radius 2 is 2.19 bits per heavy atom. The van der Waals surface area contributed by atoms with E-state index in [0.29, 0.717) is 18.7 Å². The summed E-state index contributed by atoms with van der Waals surface area (Å²) >= 11 is 0. The van der Waals surface area contributed by atoms with Crippen molar-refractivity contribution in [1.29, 1.82) is 0 Å². The maximum Gasteiger partial charge on any atom is 0.329 e. The van der Waals surface area contributed by atoms with Crippen molar-refractivity contribution < 1.29 is 14.7 Å². The van der Waals surface area contributed by atoms with Gasteiger partial charge in [-0.1, -0.05) is 0 Å². The molecule has 0 bridgehead atoms. The molecule has 1 atom stereocenters. The van der Waals surface area contributed by atoms with Crippen molar-refractivity contribution in [3.63, 3.8) is 0 Å². The van der Waals surface area contributed by atoms with Gasteiger partial charge in [-0.2, -0.15) is 4.98 Å². The van der Waals surface area contributed by atoms with Gasteiger partial charge in [-0.25, -0.2) is 14.3 Å². The van der Waals surface area contributed by atoms with Crippen LogP contribution in [0, 0.1) is 0 Å². The maximum absolute atomic E-state index is 12.6. The van der Waals surface area contributed by atoms with Crippen molar-refractivity contribution in [2.75, 3.05) is 6.54 Å². The zero-order chi connectivity index (χ0) is 15.0. The number of carbonyl (C=O) groups excluding carboxylic acids is 1. The predicted octanol–water partition coefficient (Wildman–Crippen LogP) is 0.594. The lowest BCUT2D eigenvalue weighted by atomic mass is 9.88. The third-order valence-electron chi connectivity index (χ3n) is 3.90. The normalized spacial score (nSPS) is 22.4. The number of carboxylic acid groups (broad SMARTS) is 1. The molecule has 0 aromatic carbocycles. The number of likely N-dealkylation sites (tertiary alicyclic amines) is 1. The fourth-order valence-corrected chi connectivity index (χ4v) is 2.61. The van der Waals surface area contributed by atoms with Crippen LogP contribution in [0.3, 0.4) is 0 Å². The molecular weight excluding hydrogens is 274 g/mol. The highest BCUT2D eigenvalue weighted by molar-refractivity contribution is 5.95. The number of carbonyl (C=O) groups is 2. The second kappa shape index (κ2) is 4.80. The molecule has 1 unspecified atom stereocenters. The first kappa shape index (κ1) is 13.5. The first-order valence-corrected chi connectivity index (χ1v) is 6.75. The van der Waals surface area contributed by atoms with E-state index in [1.807, 2.05) is 0 Å². The van der Waals surface area contributed by atoms with Crippen LogP contribution in [-0.2, 0) is 4.79 Å². The average Bonchev–Trinajstić information content (AvgIpc) is 2.91. The number of rotatable bonds is 2. The van der Waals surface area contributed by atoms with Gasteiger partial charge < -0.3 is 10.0 Å². The maximum atomic E-state index is 12.6. The summed E-state index contributed by atoms with van der Waals surface area (Å²) in [6.07, 6.45) is 5.19. The predicted molar refractivity (Wildman–Crippen MR) is 71.7 cm³/mol. The molecule has 110 valence electrons. The van der Waals surface area contributed by atoms with E-state index in [1.165, 1.54) is 9.42 Å². The van der Waals surface area contributed by atoms with Gasteiger partial charge in [0.15, 0.2) is 0 Å². The summed E-state index contributed by atoms with van der Waals surface area (Å²) in [5.74, 6) is -1.18. The molecule has 8 nitrogen and oxygen atoms in total. The van der Waals surface area contributed by atoms with Crippen LogP contribution in [0.4, 0.5) is 0 Å². The van der Waals surface area contributed by atoms with Crippen LogP contribution < -0.4 is 0 Å². The highest BCUT2D eigenvalue weighted by Gasteiger charge is 2.45. The standard InChI is InChI=1S/C13H15N5O3/c1-13(11(20)21)5-2-3-7-17(13)10(19)9-15-12-14-6-4-8-18(12)16-9/h4,6,8H,2-3,5,7H2,1H3,(H,20,21). The summed E-state index contributed by atoms with van der Waals surface area (Å²) in [6, 6.07) is 1.68. The Balaban J connectivity index is 1.97. The summed E-state index contributed by atoms with van der Waals surface area (Å²) < 4.78 is 1.40. The highest BCUT2D eigenvalue weighted by atomic mass is 16.4. The van der Waals surface area contributed by atoms with Crippen LogP contribution >= 0.6 is 0 Å². The molecule has 0 radical (unpaired) electrons. The van der Waals surface area contributed by atoms with E-state index in [1.54, 1.807) is 25.4 Å². The minimum atomic E-state index is -1.21. The lowest BCUT2D eigenvalue weighted by molar-refractivity contribution is -0.150. The van der Waals surface area contributed by atoms with Crippen LogP contribution in [-0.4, -0.2) is 53.5 Å². The third-order valence-corrected chi connectivity index (χ3v) is 3.90. The van der Waals surface area contributed by atoms with Crippen LogP contribution in [0.25, 0.3) is 5.78 Å². The molecule has 2 aromatic rings. The summed E-state index contributed by atoms with van der Waals surface area (Å²) in [5.41, 5.74) is -1.21. The van der Waals surface area contributed by atoms with E-state index < -0.39 is 17.4 Å². The van der Waals surface area contributed by atoms with Gasteiger partial charge in [0.1, 0.15) is 5.54 Å². The molecule has 1 N–H and O–H groups in total. The summed E-state index contributed by atoms with van der Waals surface area (Å²) in [7, 11) is 0. The molecule has 0 spiro atoms. The van der Waals surface area contributed by atoms with Crippen molar-refractivity contribution in [1.82, 2.24) is 24.5 Å². The number of amides is 1. The van der Waals surface area contributed by atoms with Gasteiger partial charge >= 0.3 is 5.97 Å². The number of fused-ring (bicyclic) bond motifs is 1. The topological polar surface area (TPSA) is 101 Å². The van der Waals surface area contributed by atoms with E-state index >= 15 is 0 Å². The summed E-state index contributed by atoms with van der Waals surface area (Å²) in [6.45, 7) is 1.96. The molecule has 2 aromatic heterocycles. The van der Waals surface area contributed by atoms with E-state index in [4.69, 9.17) is 0 Å². The van der Waals surface area contributed by atoms with Crippen molar-refractivity contribution in [3.05, 3.63) is 24.3 Å². The summed E-state index contributed by atoms with van der Waals surface area (Å²) in [5, 5.41) is 13.5. The lowest BCUT2D eigenvalue weighted by Gasteiger charge is -2.40. The van der Waals surface area contributed by atoms with Crippen molar-refractivity contribution >= 4 is 17.7 Å². The number of aliphatic carboxylic acids is 1. The Bertz CT molecular complexity index is 680. The molecule has 3 heterocycles. The third kappa shape index (κ3) is 2.12. The number of carboxylic acids is 1. The second-order valence-corrected chi connectivity index (χ2v) is 5.29. The molecule has 1 aliphatic heterocycles. The molecule has 21 heavy (non-hydrogen) atoms. The highest BCUT2D eigenvalue weighted by Crippen LogP contribution is 2.29. The van der Waals surface area contributed by atoms with E-state index in [2.05, 4.69) is 15.1 Å². The SMILES string of the molecule is CC1(C(=O)O)CCCCN1C(=O)c1nc2ncccn2n1. The van der Waals surface area contributed by atoms with Gasteiger partial charge in [0.05, 0.1) is 0 Å². The molecule has 0 aliphatic carbocycles. The molecule has 1 aliphatic rings.